The molecule has 2 rings (SSSR count). The number of nitrogens with one attached hydrogen (secondary N) is 1. The van der Waals surface area contributed by atoms with Gasteiger partial charge in [0.2, 0.25) is 0 Å². The summed E-state index contributed by atoms with van der Waals surface area (Å²) in [4.78, 5) is 25.3. The number of anilines is 1. The standard InChI is InChI=1S/C17H26N4O3.ClH/c1-3-17(18,4-2)12-19-16(22)13-7-8-14(15(11-13)21(23)24)20-9-5-6-10-20;/h7-8,11H,3-6,9-10,12,18H2,1-2H3,(H,19,22);1H. The molecule has 1 fully saturated rings. The monoisotopic (exact) mass is 370 g/mol. The Morgan fingerprint density at radius 1 is 1.32 bits per heavy atom. The van der Waals surface area contributed by atoms with Gasteiger partial charge in [0.05, 0.1) is 4.92 Å². The predicted octanol–water partition coefficient (Wildman–Crippen LogP) is 2.86. The molecule has 0 aromatic heterocycles. The average molecular weight is 371 g/mol. The lowest BCUT2D eigenvalue weighted by molar-refractivity contribution is -0.384. The summed E-state index contributed by atoms with van der Waals surface area (Å²) in [6.45, 7) is 5.93. The van der Waals surface area contributed by atoms with E-state index in [2.05, 4.69) is 5.32 Å². The highest BCUT2D eigenvalue weighted by molar-refractivity contribution is 5.95. The number of amides is 1. The Balaban J connectivity index is 0.00000312. The molecule has 1 aliphatic rings. The van der Waals surface area contributed by atoms with Crippen molar-refractivity contribution in [2.24, 2.45) is 5.73 Å². The number of nitro benzene ring substituents is 1. The minimum atomic E-state index is -0.447. The molecule has 0 radical (unpaired) electrons. The van der Waals surface area contributed by atoms with Gasteiger partial charge in [0, 0.05) is 36.8 Å². The van der Waals surface area contributed by atoms with Crippen molar-refractivity contribution in [3.8, 4) is 0 Å². The topological polar surface area (TPSA) is 102 Å². The van der Waals surface area contributed by atoms with Crippen LogP contribution in [0.5, 0.6) is 0 Å². The lowest BCUT2D eigenvalue weighted by Gasteiger charge is -2.26. The van der Waals surface area contributed by atoms with Gasteiger partial charge in [-0.15, -0.1) is 12.4 Å². The zero-order valence-electron chi connectivity index (χ0n) is 14.8. The molecule has 3 N–H and O–H groups in total. The van der Waals surface area contributed by atoms with E-state index in [9.17, 15) is 14.9 Å². The maximum absolute atomic E-state index is 12.3. The molecule has 0 aliphatic carbocycles. The number of hydrogen-bond acceptors (Lipinski definition) is 5. The second-order valence-electron chi connectivity index (χ2n) is 6.41. The van der Waals surface area contributed by atoms with Crippen molar-refractivity contribution >= 4 is 29.7 Å². The Morgan fingerprint density at radius 2 is 1.92 bits per heavy atom. The Morgan fingerprint density at radius 3 is 2.44 bits per heavy atom. The number of rotatable bonds is 7. The largest absolute Gasteiger partial charge is 0.366 e. The van der Waals surface area contributed by atoms with E-state index in [1.54, 1.807) is 12.1 Å². The Labute approximate surface area is 154 Å². The number of nitrogens with zero attached hydrogens (tertiary/aromatic N) is 2. The maximum Gasteiger partial charge on any atom is 0.293 e. The Hall–Kier alpha value is -1.86. The van der Waals surface area contributed by atoms with Crippen molar-refractivity contribution in [1.82, 2.24) is 5.32 Å². The third-order valence-electron chi connectivity index (χ3n) is 4.89. The number of hydrogen-bond donors (Lipinski definition) is 2. The Kier molecular flexibility index (Phi) is 7.63. The third kappa shape index (κ3) is 5.06. The first kappa shape index (κ1) is 21.2. The molecular formula is C17H27ClN4O3. The first-order valence-electron chi connectivity index (χ1n) is 8.50. The summed E-state index contributed by atoms with van der Waals surface area (Å²) in [6.07, 6.45) is 3.56. The summed E-state index contributed by atoms with van der Waals surface area (Å²) >= 11 is 0. The van der Waals surface area contributed by atoms with Gasteiger partial charge in [-0.3, -0.25) is 14.9 Å². The Bertz CT molecular complexity index is 614. The number of carbonyl (C=O) groups is 1. The first-order chi connectivity index (χ1) is 11.4. The van der Waals surface area contributed by atoms with E-state index in [-0.39, 0.29) is 24.0 Å². The van der Waals surface area contributed by atoms with E-state index >= 15 is 0 Å². The van der Waals surface area contributed by atoms with E-state index in [0.29, 0.717) is 17.8 Å². The van der Waals surface area contributed by atoms with Gasteiger partial charge in [0.15, 0.2) is 0 Å². The van der Waals surface area contributed by atoms with Crippen LogP contribution >= 0.6 is 12.4 Å². The number of carbonyl (C=O) groups excluding carboxylic acids is 1. The third-order valence-corrected chi connectivity index (χ3v) is 4.89. The summed E-state index contributed by atoms with van der Waals surface area (Å²) in [5.41, 5.74) is 6.59. The van der Waals surface area contributed by atoms with E-state index in [4.69, 9.17) is 5.73 Å². The normalized spacial score (nSPS) is 14.1. The summed E-state index contributed by atoms with van der Waals surface area (Å²) in [7, 11) is 0. The molecule has 0 bridgehead atoms. The maximum atomic E-state index is 12.3. The van der Waals surface area contributed by atoms with Gasteiger partial charge in [-0.25, -0.2) is 0 Å². The molecule has 8 heteroatoms. The lowest BCUT2D eigenvalue weighted by atomic mass is 9.94. The van der Waals surface area contributed by atoms with E-state index in [1.807, 2.05) is 18.7 Å². The molecule has 1 aliphatic heterocycles. The van der Waals surface area contributed by atoms with Gasteiger partial charge in [0.1, 0.15) is 5.69 Å². The summed E-state index contributed by atoms with van der Waals surface area (Å²) in [5.74, 6) is -0.331. The average Bonchev–Trinajstić information content (AvgIpc) is 3.13. The minimum absolute atomic E-state index is 0. The van der Waals surface area contributed by atoms with Crippen molar-refractivity contribution in [2.75, 3.05) is 24.5 Å². The van der Waals surface area contributed by atoms with Gasteiger partial charge in [-0.05, 0) is 37.8 Å². The van der Waals surface area contributed by atoms with Crippen LogP contribution in [-0.4, -0.2) is 36.0 Å². The highest BCUT2D eigenvalue weighted by Crippen LogP contribution is 2.31. The van der Waals surface area contributed by atoms with Crippen LogP contribution in [0.2, 0.25) is 0 Å². The van der Waals surface area contributed by atoms with Crippen LogP contribution in [0.15, 0.2) is 18.2 Å². The molecular weight excluding hydrogens is 344 g/mol. The lowest BCUT2D eigenvalue weighted by Crippen LogP contribution is -2.49. The van der Waals surface area contributed by atoms with Crippen LogP contribution in [0, 0.1) is 10.1 Å². The van der Waals surface area contributed by atoms with Crippen LogP contribution in [-0.2, 0) is 0 Å². The molecule has 1 heterocycles. The SMILES string of the molecule is CCC(N)(CC)CNC(=O)c1ccc(N2CCCC2)c([N+](=O)[O-])c1.Cl. The van der Waals surface area contributed by atoms with E-state index in [0.717, 1.165) is 38.8 Å². The van der Waals surface area contributed by atoms with E-state index < -0.39 is 10.5 Å². The van der Waals surface area contributed by atoms with Crippen LogP contribution in [0.1, 0.15) is 49.9 Å². The minimum Gasteiger partial charge on any atom is -0.366 e. The smallest absolute Gasteiger partial charge is 0.293 e. The van der Waals surface area contributed by atoms with Crippen molar-refractivity contribution in [3.63, 3.8) is 0 Å². The summed E-state index contributed by atoms with van der Waals surface area (Å²) in [5, 5.41) is 14.2. The highest BCUT2D eigenvalue weighted by atomic mass is 35.5. The zero-order chi connectivity index (χ0) is 17.7. The molecule has 1 aromatic carbocycles. The molecule has 25 heavy (non-hydrogen) atoms. The molecule has 7 nitrogen and oxygen atoms in total. The molecule has 140 valence electrons. The highest BCUT2D eigenvalue weighted by Gasteiger charge is 2.25. The molecule has 1 amide bonds. The zero-order valence-corrected chi connectivity index (χ0v) is 15.6. The van der Waals surface area contributed by atoms with Crippen molar-refractivity contribution in [3.05, 3.63) is 33.9 Å². The van der Waals surface area contributed by atoms with Gasteiger partial charge in [-0.1, -0.05) is 13.8 Å². The van der Waals surface area contributed by atoms with Crippen LogP contribution in [0.3, 0.4) is 0 Å². The fourth-order valence-corrected chi connectivity index (χ4v) is 2.89. The van der Waals surface area contributed by atoms with Gasteiger partial charge in [-0.2, -0.15) is 0 Å². The molecule has 0 saturated carbocycles. The van der Waals surface area contributed by atoms with Crippen LogP contribution in [0.25, 0.3) is 0 Å². The van der Waals surface area contributed by atoms with Crippen molar-refractivity contribution in [1.29, 1.82) is 0 Å². The van der Waals surface area contributed by atoms with Crippen molar-refractivity contribution < 1.29 is 9.72 Å². The number of nitro groups is 1. The fourth-order valence-electron chi connectivity index (χ4n) is 2.89. The fraction of sp³-hybridized carbons (Fsp3) is 0.588. The molecule has 1 aromatic rings. The predicted molar refractivity (Wildman–Crippen MR) is 102 cm³/mol. The second kappa shape index (κ2) is 9.01. The first-order valence-corrected chi connectivity index (χ1v) is 8.50. The number of halogens is 1. The number of benzene rings is 1. The van der Waals surface area contributed by atoms with Gasteiger partial charge in [0.25, 0.3) is 11.6 Å². The van der Waals surface area contributed by atoms with Crippen LogP contribution in [0.4, 0.5) is 11.4 Å². The van der Waals surface area contributed by atoms with Crippen LogP contribution < -0.4 is 16.0 Å². The molecule has 0 spiro atoms. The second-order valence-corrected chi connectivity index (χ2v) is 6.41. The summed E-state index contributed by atoms with van der Waals surface area (Å²) < 4.78 is 0. The quantitative estimate of drug-likeness (QED) is 0.567. The van der Waals surface area contributed by atoms with E-state index in [1.165, 1.54) is 6.07 Å². The van der Waals surface area contributed by atoms with Gasteiger partial charge < -0.3 is 16.0 Å². The summed E-state index contributed by atoms with van der Waals surface area (Å²) in [6, 6.07) is 4.68. The number of nitrogens with two attached hydrogens (primary N) is 1. The molecule has 0 atom stereocenters. The molecule has 1 saturated heterocycles. The molecule has 0 unspecified atom stereocenters. The van der Waals surface area contributed by atoms with Gasteiger partial charge >= 0.3 is 0 Å². The van der Waals surface area contributed by atoms with Crippen molar-refractivity contribution in [2.45, 2.75) is 45.1 Å².